The average molecular weight is 139 g/mol. The monoisotopic (exact) mass is 139 g/mol. The molecule has 0 bridgehead atoms. The first-order valence-corrected chi connectivity index (χ1v) is 4.03. The maximum Gasteiger partial charge on any atom is 0.0960 e. The summed E-state index contributed by atoms with van der Waals surface area (Å²) in [6, 6.07) is 6.03. The number of pyridine rings is 1. The van der Waals surface area contributed by atoms with E-state index in [1.807, 2.05) is 31.4 Å². The highest BCUT2D eigenvalue weighted by molar-refractivity contribution is 7.98. The van der Waals surface area contributed by atoms with E-state index in [0.717, 1.165) is 10.7 Å². The second-order valence-corrected chi connectivity index (χ2v) is 2.65. The molecule has 0 N–H and O–H groups in total. The summed E-state index contributed by atoms with van der Waals surface area (Å²) in [6.07, 6.45) is 2.03. The summed E-state index contributed by atoms with van der Waals surface area (Å²) in [4.78, 5) is 4.25. The number of hydrogen-bond donors (Lipinski definition) is 0. The first kappa shape index (κ1) is 6.62. The van der Waals surface area contributed by atoms with Crippen LogP contribution in [0.4, 0.5) is 0 Å². The SMILES string of the molecule is CSc1cccc(C)n1. The second-order valence-electron chi connectivity index (χ2n) is 1.82. The minimum atomic E-state index is 1.09. The van der Waals surface area contributed by atoms with Crippen LogP contribution in [0.5, 0.6) is 0 Å². The van der Waals surface area contributed by atoms with Crippen LogP contribution in [0.3, 0.4) is 0 Å². The predicted octanol–water partition coefficient (Wildman–Crippen LogP) is 2.11. The summed E-state index contributed by atoms with van der Waals surface area (Å²) in [5.74, 6) is 0. The molecule has 1 heterocycles. The Bertz CT molecular complexity index is 198. The lowest BCUT2D eigenvalue weighted by Crippen LogP contribution is -1.80. The van der Waals surface area contributed by atoms with Crippen LogP contribution in [-0.4, -0.2) is 11.2 Å². The fraction of sp³-hybridized carbons (Fsp3) is 0.286. The zero-order chi connectivity index (χ0) is 6.69. The highest BCUT2D eigenvalue weighted by Gasteiger charge is 1.88. The fourth-order valence-electron chi connectivity index (χ4n) is 0.632. The van der Waals surface area contributed by atoms with E-state index in [1.54, 1.807) is 11.8 Å². The number of hydrogen-bond acceptors (Lipinski definition) is 2. The lowest BCUT2D eigenvalue weighted by atomic mass is 10.4. The second kappa shape index (κ2) is 2.87. The molecule has 0 aliphatic rings. The summed E-state index contributed by atoms with van der Waals surface area (Å²) < 4.78 is 0. The summed E-state index contributed by atoms with van der Waals surface area (Å²) in [5.41, 5.74) is 1.09. The number of nitrogens with zero attached hydrogens (tertiary/aromatic N) is 1. The zero-order valence-corrected chi connectivity index (χ0v) is 6.40. The van der Waals surface area contributed by atoms with E-state index in [0.29, 0.717) is 0 Å². The smallest absolute Gasteiger partial charge is 0.0960 e. The third kappa shape index (κ3) is 1.72. The Morgan fingerprint density at radius 2 is 2.22 bits per heavy atom. The molecule has 1 aromatic heterocycles. The number of rotatable bonds is 1. The minimum Gasteiger partial charge on any atom is -0.247 e. The Morgan fingerprint density at radius 1 is 1.44 bits per heavy atom. The van der Waals surface area contributed by atoms with Crippen LogP contribution in [0, 0.1) is 6.92 Å². The van der Waals surface area contributed by atoms with Crippen LogP contribution in [0.1, 0.15) is 5.69 Å². The third-order valence-corrected chi connectivity index (χ3v) is 1.72. The third-order valence-electron chi connectivity index (χ3n) is 1.07. The molecule has 0 spiro atoms. The lowest BCUT2D eigenvalue weighted by molar-refractivity contribution is 1.07. The molecular formula is C7H9NS. The first-order chi connectivity index (χ1) is 4.33. The maximum atomic E-state index is 4.25. The van der Waals surface area contributed by atoms with Gasteiger partial charge in [0.25, 0.3) is 0 Å². The molecule has 0 aliphatic carbocycles. The Morgan fingerprint density at radius 3 is 2.67 bits per heavy atom. The van der Waals surface area contributed by atoms with E-state index >= 15 is 0 Å². The Balaban J connectivity index is 2.94. The normalized spacial score (nSPS) is 9.56. The van der Waals surface area contributed by atoms with Gasteiger partial charge in [0.1, 0.15) is 0 Å². The van der Waals surface area contributed by atoms with Crippen molar-refractivity contribution >= 4 is 11.8 Å². The molecule has 0 aromatic carbocycles. The van der Waals surface area contributed by atoms with E-state index < -0.39 is 0 Å². The van der Waals surface area contributed by atoms with E-state index in [-0.39, 0.29) is 0 Å². The molecular weight excluding hydrogens is 130 g/mol. The minimum absolute atomic E-state index is 1.09. The fourth-order valence-corrected chi connectivity index (χ4v) is 1.08. The molecule has 48 valence electrons. The van der Waals surface area contributed by atoms with Gasteiger partial charge in [-0.25, -0.2) is 4.98 Å². The van der Waals surface area contributed by atoms with Gasteiger partial charge < -0.3 is 0 Å². The van der Waals surface area contributed by atoms with Crippen LogP contribution in [0.25, 0.3) is 0 Å². The molecule has 9 heavy (non-hydrogen) atoms. The van der Waals surface area contributed by atoms with Gasteiger partial charge >= 0.3 is 0 Å². The van der Waals surface area contributed by atoms with Gasteiger partial charge in [-0.15, -0.1) is 11.8 Å². The number of thioether (sulfide) groups is 1. The molecule has 0 aliphatic heterocycles. The summed E-state index contributed by atoms with van der Waals surface area (Å²) in [5, 5.41) is 1.09. The van der Waals surface area contributed by atoms with E-state index in [4.69, 9.17) is 0 Å². The first-order valence-electron chi connectivity index (χ1n) is 2.80. The molecule has 0 fully saturated rings. The van der Waals surface area contributed by atoms with Gasteiger partial charge in [-0.05, 0) is 25.3 Å². The maximum absolute atomic E-state index is 4.25. The summed E-state index contributed by atoms with van der Waals surface area (Å²) in [7, 11) is 0. The molecule has 0 amide bonds. The molecule has 1 aromatic rings. The Labute approximate surface area is 59.5 Å². The van der Waals surface area contributed by atoms with E-state index in [9.17, 15) is 0 Å². The van der Waals surface area contributed by atoms with Gasteiger partial charge in [-0.3, -0.25) is 0 Å². The number of aryl methyl sites for hydroxylation is 1. The zero-order valence-electron chi connectivity index (χ0n) is 5.59. The van der Waals surface area contributed by atoms with Crippen LogP contribution in [-0.2, 0) is 0 Å². The van der Waals surface area contributed by atoms with Crippen LogP contribution < -0.4 is 0 Å². The van der Waals surface area contributed by atoms with Crippen molar-refractivity contribution in [3.63, 3.8) is 0 Å². The van der Waals surface area contributed by atoms with Crippen molar-refractivity contribution in [2.24, 2.45) is 0 Å². The van der Waals surface area contributed by atoms with E-state index in [2.05, 4.69) is 4.98 Å². The Hall–Kier alpha value is -0.500. The van der Waals surface area contributed by atoms with Crippen molar-refractivity contribution in [1.82, 2.24) is 4.98 Å². The van der Waals surface area contributed by atoms with Gasteiger partial charge in [0.2, 0.25) is 0 Å². The van der Waals surface area contributed by atoms with Gasteiger partial charge in [0.15, 0.2) is 0 Å². The number of aromatic nitrogens is 1. The quantitative estimate of drug-likeness (QED) is 0.553. The summed E-state index contributed by atoms with van der Waals surface area (Å²) in [6.45, 7) is 2.00. The van der Waals surface area contributed by atoms with E-state index in [1.165, 1.54) is 0 Å². The average Bonchev–Trinajstić information content (AvgIpc) is 1.88. The van der Waals surface area contributed by atoms with Crippen molar-refractivity contribution in [3.05, 3.63) is 23.9 Å². The van der Waals surface area contributed by atoms with Crippen molar-refractivity contribution < 1.29 is 0 Å². The molecule has 0 radical (unpaired) electrons. The highest BCUT2D eigenvalue weighted by Crippen LogP contribution is 2.09. The van der Waals surface area contributed by atoms with Crippen LogP contribution >= 0.6 is 11.8 Å². The highest BCUT2D eigenvalue weighted by atomic mass is 32.2. The molecule has 1 rings (SSSR count). The van der Waals surface area contributed by atoms with Crippen molar-refractivity contribution in [3.8, 4) is 0 Å². The Kier molecular flexibility index (Phi) is 2.11. The van der Waals surface area contributed by atoms with Crippen LogP contribution in [0.2, 0.25) is 0 Å². The van der Waals surface area contributed by atoms with Crippen molar-refractivity contribution in [2.45, 2.75) is 11.9 Å². The van der Waals surface area contributed by atoms with Crippen molar-refractivity contribution in [1.29, 1.82) is 0 Å². The van der Waals surface area contributed by atoms with Gasteiger partial charge in [0, 0.05) is 5.69 Å². The molecule has 0 unspecified atom stereocenters. The van der Waals surface area contributed by atoms with Crippen LogP contribution in [0.15, 0.2) is 23.2 Å². The molecule has 1 nitrogen and oxygen atoms in total. The molecule has 0 saturated carbocycles. The van der Waals surface area contributed by atoms with Gasteiger partial charge in [0.05, 0.1) is 5.03 Å². The van der Waals surface area contributed by atoms with Crippen molar-refractivity contribution in [2.75, 3.05) is 6.26 Å². The molecule has 0 saturated heterocycles. The largest absolute Gasteiger partial charge is 0.247 e. The lowest BCUT2D eigenvalue weighted by Gasteiger charge is -1.93. The standard InChI is InChI=1S/C7H9NS/c1-6-4-3-5-7(8-6)9-2/h3-5H,1-2H3. The van der Waals surface area contributed by atoms with Gasteiger partial charge in [-0.1, -0.05) is 6.07 Å². The molecule has 2 heteroatoms. The summed E-state index contributed by atoms with van der Waals surface area (Å²) >= 11 is 1.67. The molecule has 0 atom stereocenters. The van der Waals surface area contributed by atoms with Gasteiger partial charge in [-0.2, -0.15) is 0 Å². The topological polar surface area (TPSA) is 12.9 Å². The predicted molar refractivity (Wildman–Crippen MR) is 40.8 cm³/mol.